The zero-order chi connectivity index (χ0) is 26.7. The number of fused-ring (bicyclic) bond motifs is 1. The first-order valence-corrected chi connectivity index (χ1v) is 14.2. The van der Waals surface area contributed by atoms with Crippen LogP contribution in [-0.4, -0.2) is 47.8 Å². The van der Waals surface area contributed by atoms with Crippen LogP contribution in [0, 0.1) is 5.92 Å². The number of carbonyl (C=O) groups excluding carboxylic acids is 1. The Morgan fingerprint density at radius 1 is 0.833 bits per heavy atom. The van der Waals surface area contributed by atoms with Crippen LogP contribution >= 0.6 is 37.2 Å². The van der Waals surface area contributed by atoms with E-state index in [-0.39, 0.29) is 48.9 Å². The van der Waals surface area contributed by atoms with Gasteiger partial charge in [-0.05, 0) is 80.1 Å². The van der Waals surface area contributed by atoms with Crippen molar-refractivity contribution in [2.75, 3.05) is 41.3 Å². The topological polar surface area (TPSA) is 51.7 Å². The molecular weight excluding hydrogens is 589 g/mol. The van der Waals surface area contributed by atoms with E-state index >= 15 is 0 Å². The lowest BCUT2D eigenvalue weighted by Gasteiger charge is -2.55. The number of amides is 2. The first-order valence-electron chi connectivity index (χ1n) is 14.2. The molecule has 1 aliphatic heterocycles. The number of halogens is 3. The molecule has 1 aromatic heterocycles. The molecule has 2 aliphatic rings. The Kier molecular flexibility index (Phi) is 11.9. The number of urea groups is 1. The first-order chi connectivity index (χ1) is 19.1. The van der Waals surface area contributed by atoms with Crippen molar-refractivity contribution in [3.63, 3.8) is 0 Å². The lowest BCUT2D eigenvalue weighted by atomic mass is 9.80. The standard InChI is InChI=1S/C33H37N5O.3ClH/c1-26-16-18-33(19-17-26,37-23-21-36(22-24-37)29-10-4-2-5-11-29)38(30-12-6-3-7-13-30)32(39)35-28-14-15-31-27(25-28)9-8-20-34-31;;;/h2-15,20,25-26H,16-19,21-24H2,1H3,(H,35,39);3*1H. The molecule has 0 bridgehead atoms. The van der Waals surface area contributed by atoms with Crippen LogP contribution in [0.3, 0.4) is 0 Å². The van der Waals surface area contributed by atoms with Gasteiger partial charge in [-0.2, -0.15) is 0 Å². The first kappa shape index (κ1) is 33.5. The van der Waals surface area contributed by atoms with Crippen molar-refractivity contribution in [2.24, 2.45) is 5.92 Å². The summed E-state index contributed by atoms with van der Waals surface area (Å²) in [5.74, 6) is 0.664. The number of nitrogens with zero attached hydrogens (tertiary/aromatic N) is 4. The van der Waals surface area contributed by atoms with Crippen LogP contribution in [0.1, 0.15) is 32.6 Å². The van der Waals surface area contributed by atoms with Crippen LogP contribution in [0.15, 0.2) is 97.2 Å². The second-order valence-corrected chi connectivity index (χ2v) is 11.0. The Balaban J connectivity index is 0.00000161. The summed E-state index contributed by atoms with van der Waals surface area (Å²) in [6, 6.07) is 30.7. The second-order valence-electron chi connectivity index (χ2n) is 11.0. The summed E-state index contributed by atoms with van der Waals surface area (Å²) in [6.07, 6.45) is 5.93. The highest BCUT2D eigenvalue weighted by Crippen LogP contribution is 2.42. The van der Waals surface area contributed by atoms with Crippen LogP contribution in [0.5, 0.6) is 0 Å². The van der Waals surface area contributed by atoms with E-state index in [1.807, 2.05) is 48.5 Å². The molecule has 0 spiro atoms. The number of para-hydroxylation sites is 2. The highest BCUT2D eigenvalue weighted by atomic mass is 35.5. The maximum atomic E-state index is 14.3. The molecule has 2 fully saturated rings. The van der Waals surface area contributed by atoms with Crippen LogP contribution < -0.4 is 15.1 Å². The van der Waals surface area contributed by atoms with Gasteiger partial charge in [-0.3, -0.25) is 14.8 Å². The fourth-order valence-electron chi connectivity index (χ4n) is 6.38. The molecule has 2 heterocycles. The fourth-order valence-corrected chi connectivity index (χ4v) is 6.38. The van der Waals surface area contributed by atoms with Crippen molar-refractivity contribution in [2.45, 2.75) is 38.3 Å². The van der Waals surface area contributed by atoms with Crippen molar-refractivity contribution in [1.29, 1.82) is 0 Å². The maximum absolute atomic E-state index is 14.3. The van der Waals surface area contributed by atoms with E-state index in [9.17, 15) is 4.79 Å². The van der Waals surface area contributed by atoms with Gasteiger partial charge < -0.3 is 10.2 Å². The average molecular weight is 629 g/mol. The Labute approximate surface area is 267 Å². The van der Waals surface area contributed by atoms with E-state index in [0.717, 1.165) is 74.1 Å². The summed E-state index contributed by atoms with van der Waals surface area (Å²) in [7, 11) is 0. The van der Waals surface area contributed by atoms with Crippen molar-refractivity contribution < 1.29 is 4.79 Å². The quantitative estimate of drug-likeness (QED) is 0.242. The highest BCUT2D eigenvalue weighted by Gasteiger charge is 2.48. The normalized spacial score (nSPS) is 20.4. The fraction of sp³-hybridized carbons (Fsp3) is 0.333. The molecule has 1 saturated carbocycles. The molecule has 224 valence electrons. The van der Waals surface area contributed by atoms with Gasteiger partial charge in [0.05, 0.1) is 5.52 Å². The van der Waals surface area contributed by atoms with E-state index in [2.05, 4.69) is 74.4 Å². The van der Waals surface area contributed by atoms with E-state index in [1.165, 1.54) is 5.69 Å². The van der Waals surface area contributed by atoms with Gasteiger partial charge in [-0.25, -0.2) is 4.79 Å². The van der Waals surface area contributed by atoms with Crippen molar-refractivity contribution >= 4 is 71.2 Å². The number of hydrogen-bond donors (Lipinski definition) is 1. The summed E-state index contributed by atoms with van der Waals surface area (Å²) in [5.41, 5.74) is 3.54. The Morgan fingerprint density at radius 3 is 2.14 bits per heavy atom. The minimum absolute atomic E-state index is 0. The molecule has 1 saturated heterocycles. The number of hydrogen-bond acceptors (Lipinski definition) is 4. The summed E-state index contributed by atoms with van der Waals surface area (Å²) in [6.45, 7) is 6.07. The predicted octanol–water partition coefficient (Wildman–Crippen LogP) is 8.27. The lowest BCUT2D eigenvalue weighted by molar-refractivity contribution is 0.0366. The lowest BCUT2D eigenvalue weighted by Crippen LogP contribution is -2.68. The highest BCUT2D eigenvalue weighted by molar-refractivity contribution is 6.03. The molecule has 6 nitrogen and oxygen atoms in total. The van der Waals surface area contributed by atoms with Crippen molar-refractivity contribution in [3.8, 4) is 0 Å². The molecular formula is C33H40Cl3N5O. The number of carbonyl (C=O) groups is 1. The molecule has 0 unspecified atom stereocenters. The smallest absolute Gasteiger partial charge is 0.327 e. The van der Waals surface area contributed by atoms with E-state index in [4.69, 9.17) is 0 Å². The minimum Gasteiger partial charge on any atom is -0.369 e. The summed E-state index contributed by atoms with van der Waals surface area (Å²) in [4.78, 5) is 25.9. The summed E-state index contributed by atoms with van der Waals surface area (Å²) >= 11 is 0. The molecule has 9 heteroatoms. The van der Waals surface area contributed by atoms with E-state index in [1.54, 1.807) is 6.20 Å². The number of nitrogens with one attached hydrogen (secondary N) is 1. The Morgan fingerprint density at radius 2 is 1.48 bits per heavy atom. The van der Waals surface area contributed by atoms with Crippen LogP contribution in [0.25, 0.3) is 10.9 Å². The number of rotatable bonds is 5. The van der Waals surface area contributed by atoms with Gasteiger partial charge in [0.1, 0.15) is 5.66 Å². The number of piperazine rings is 1. The Bertz CT molecular complexity index is 1410. The van der Waals surface area contributed by atoms with Crippen LogP contribution in [0.4, 0.5) is 21.9 Å². The third kappa shape index (κ3) is 6.95. The van der Waals surface area contributed by atoms with Gasteiger partial charge in [0.25, 0.3) is 0 Å². The van der Waals surface area contributed by atoms with Gasteiger partial charge in [0.15, 0.2) is 0 Å². The second kappa shape index (κ2) is 14.9. The third-order valence-corrected chi connectivity index (χ3v) is 8.55. The van der Waals surface area contributed by atoms with Crippen molar-refractivity contribution in [3.05, 3.63) is 97.2 Å². The Hall–Kier alpha value is -3.03. The molecule has 3 aromatic carbocycles. The third-order valence-electron chi connectivity index (χ3n) is 8.55. The number of pyridine rings is 1. The maximum Gasteiger partial charge on any atom is 0.327 e. The summed E-state index contributed by atoms with van der Waals surface area (Å²) in [5, 5.41) is 4.28. The van der Waals surface area contributed by atoms with Gasteiger partial charge in [0.2, 0.25) is 0 Å². The van der Waals surface area contributed by atoms with Crippen LogP contribution in [-0.2, 0) is 0 Å². The minimum atomic E-state index is -0.376. The van der Waals surface area contributed by atoms with Gasteiger partial charge in [0, 0.05) is 54.8 Å². The van der Waals surface area contributed by atoms with Gasteiger partial charge >= 0.3 is 6.03 Å². The van der Waals surface area contributed by atoms with Gasteiger partial charge in [-0.15, -0.1) is 37.2 Å². The van der Waals surface area contributed by atoms with E-state index in [0.29, 0.717) is 5.92 Å². The zero-order valence-corrected chi connectivity index (χ0v) is 26.3. The molecule has 1 aliphatic carbocycles. The predicted molar refractivity (Wildman–Crippen MR) is 182 cm³/mol. The SMILES string of the molecule is CC1CCC(N2CCN(c3ccccc3)CC2)(N(C(=O)Nc2ccc3ncccc3c2)c2ccccc2)CC1.Cl.Cl.Cl. The number of aromatic nitrogens is 1. The molecule has 0 radical (unpaired) electrons. The largest absolute Gasteiger partial charge is 0.369 e. The van der Waals surface area contributed by atoms with Crippen LogP contribution in [0.2, 0.25) is 0 Å². The molecule has 4 aromatic rings. The zero-order valence-electron chi connectivity index (χ0n) is 23.9. The molecule has 6 rings (SSSR count). The number of anilines is 3. The number of benzene rings is 3. The molecule has 1 N–H and O–H groups in total. The van der Waals surface area contributed by atoms with Crippen molar-refractivity contribution in [1.82, 2.24) is 9.88 Å². The summed E-state index contributed by atoms with van der Waals surface area (Å²) < 4.78 is 0. The molecule has 42 heavy (non-hydrogen) atoms. The monoisotopic (exact) mass is 627 g/mol. The molecule has 0 atom stereocenters. The average Bonchev–Trinajstić information content (AvgIpc) is 2.99. The van der Waals surface area contributed by atoms with Gasteiger partial charge in [-0.1, -0.05) is 49.4 Å². The molecule has 2 amide bonds. The van der Waals surface area contributed by atoms with E-state index < -0.39 is 0 Å².